The Labute approximate surface area is 174 Å². The van der Waals surface area contributed by atoms with Gasteiger partial charge >= 0.3 is 5.97 Å². The lowest BCUT2D eigenvalue weighted by Crippen LogP contribution is -2.27. The van der Waals surface area contributed by atoms with E-state index in [4.69, 9.17) is 4.74 Å². The normalized spacial score (nSPS) is 16.3. The Hall–Kier alpha value is -2.70. The highest BCUT2D eigenvalue weighted by Gasteiger charge is 2.24. The number of rotatable bonds is 5. The number of esters is 1. The smallest absolute Gasteiger partial charge is 0.339 e. The fraction of sp³-hybridized carbons (Fsp3) is 0.192. The van der Waals surface area contributed by atoms with Crippen LogP contribution in [0.5, 0.6) is 0 Å². The third-order valence-electron chi connectivity index (χ3n) is 5.18. The molecule has 0 saturated heterocycles. The highest BCUT2D eigenvalue weighted by molar-refractivity contribution is 7.80. The van der Waals surface area contributed by atoms with Crippen LogP contribution in [0.4, 0.5) is 0 Å². The molecule has 0 heterocycles. The van der Waals surface area contributed by atoms with Crippen molar-refractivity contribution in [3.63, 3.8) is 0 Å². The van der Waals surface area contributed by atoms with E-state index in [-0.39, 0.29) is 12.1 Å². The van der Waals surface area contributed by atoms with Crippen molar-refractivity contribution in [3.05, 3.63) is 102 Å². The van der Waals surface area contributed by atoms with Crippen molar-refractivity contribution < 1.29 is 9.53 Å². The summed E-state index contributed by atoms with van der Waals surface area (Å²) in [5, 5.41) is 3.49. The van der Waals surface area contributed by atoms with Crippen LogP contribution in [0.15, 0.2) is 96.6 Å². The average molecular weight is 400 g/mol. The molecule has 3 heteroatoms. The van der Waals surface area contributed by atoms with E-state index < -0.39 is 7.92 Å². The average Bonchev–Trinajstić information content (AvgIpc) is 2.76. The molecule has 3 aromatic carbocycles. The molecule has 0 N–H and O–H groups in total. The molecule has 0 spiro atoms. The molecule has 1 aliphatic rings. The Balaban J connectivity index is 1.73. The summed E-state index contributed by atoms with van der Waals surface area (Å²) >= 11 is 0. The maximum absolute atomic E-state index is 13.2. The van der Waals surface area contributed by atoms with E-state index >= 15 is 0 Å². The summed E-state index contributed by atoms with van der Waals surface area (Å²) < 4.78 is 5.91. The van der Waals surface area contributed by atoms with Crippen molar-refractivity contribution >= 4 is 29.8 Å². The summed E-state index contributed by atoms with van der Waals surface area (Å²) in [6.45, 7) is 2.11. The molecular weight excluding hydrogens is 375 g/mol. The third kappa shape index (κ3) is 4.66. The predicted molar refractivity (Wildman–Crippen MR) is 122 cm³/mol. The molecule has 1 aliphatic carbocycles. The molecule has 0 unspecified atom stereocenters. The molecule has 0 aromatic heterocycles. The first kappa shape index (κ1) is 19.6. The van der Waals surface area contributed by atoms with Gasteiger partial charge in [-0.1, -0.05) is 84.4 Å². The summed E-state index contributed by atoms with van der Waals surface area (Å²) in [6.07, 6.45) is 5.04. The van der Waals surface area contributed by atoms with Gasteiger partial charge in [0, 0.05) is 0 Å². The van der Waals surface area contributed by atoms with Crippen LogP contribution in [0.1, 0.15) is 36.5 Å². The molecule has 0 bridgehead atoms. The molecule has 1 atom stereocenters. The number of ether oxygens (including phenoxy) is 1. The molecule has 2 nitrogen and oxygen atoms in total. The number of benzene rings is 3. The summed E-state index contributed by atoms with van der Waals surface area (Å²) in [6, 6.07) is 28.8. The molecule has 0 fully saturated rings. The van der Waals surface area contributed by atoms with E-state index in [1.54, 1.807) is 0 Å². The second-order valence-corrected chi connectivity index (χ2v) is 9.56. The lowest BCUT2D eigenvalue weighted by molar-refractivity contribution is 0.0369. The second kappa shape index (κ2) is 9.20. The zero-order chi connectivity index (χ0) is 20.1. The van der Waals surface area contributed by atoms with Gasteiger partial charge in [0.15, 0.2) is 0 Å². The van der Waals surface area contributed by atoms with Gasteiger partial charge in [-0.05, 0) is 62.2 Å². The van der Waals surface area contributed by atoms with Crippen LogP contribution in [0.2, 0.25) is 0 Å². The van der Waals surface area contributed by atoms with Gasteiger partial charge < -0.3 is 4.74 Å². The van der Waals surface area contributed by atoms with Gasteiger partial charge in [-0.3, -0.25) is 0 Å². The van der Waals surface area contributed by atoms with Crippen molar-refractivity contribution in [2.24, 2.45) is 0 Å². The molecule has 0 amide bonds. The van der Waals surface area contributed by atoms with E-state index in [0.717, 1.165) is 24.6 Å². The van der Waals surface area contributed by atoms with E-state index in [1.807, 2.05) is 30.3 Å². The topological polar surface area (TPSA) is 26.3 Å². The van der Waals surface area contributed by atoms with Crippen molar-refractivity contribution in [2.45, 2.75) is 32.3 Å². The number of carbonyl (C=O) groups is 1. The Morgan fingerprint density at radius 2 is 1.45 bits per heavy atom. The SMILES string of the molecule is CC1=C[C@@H](OC(=O)c2ccccc2P(c2ccccc2)c2ccccc2)CCC1. The summed E-state index contributed by atoms with van der Waals surface area (Å²) in [5.41, 5.74) is 1.97. The van der Waals surface area contributed by atoms with Crippen LogP contribution in [0, 0.1) is 0 Å². The van der Waals surface area contributed by atoms with Gasteiger partial charge in [0.25, 0.3) is 0 Å². The van der Waals surface area contributed by atoms with E-state index in [1.165, 1.54) is 16.2 Å². The van der Waals surface area contributed by atoms with Crippen LogP contribution in [0.25, 0.3) is 0 Å². The third-order valence-corrected chi connectivity index (χ3v) is 7.68. The van der Waals surface area contributed by atoms with Gasteiger partial charge in [0.1, 0.15) is 6.10 Å². The molecule has 0 radical (unpaired) electrons. The Morgan fingerprint density at radius 3 is 2.07 bits per heavy atom. The summed E-state index contributed by atoms with van der Waals surface area (Å²) in [7, 11) is -0.847. The monoisotopic (exact) mass is 400 g/mol. The number of carbonyl (C=O) groups excluding carboxylic acids is 1. The second-order valence-electron chi connectivity index (χ2n) is 7.37. The predicted octanol–water partition coefficient (Wildman–Crippen LogP) is 5.10. The van der Waals surface area contributed by atoms with Gasteiger partial charge in [-0.2, -0.15) is 0 Å². The maximum atomic E-state index is 13.2. The Kier molecular flexibility index (Phi) is 6.22. The van der Waals surface area contributed by atoms with E-state index in [0.29, 0.717) is 5.56 Å². The van der Waals surface area contributed by atoms with Crippen molar-refractivity contribution in [1.29, 1.82) is 0 Å². The van der Waals surface area contributed by atoms with Gasteiger partial charge in [-0.25, -0.2) is 4.79 Å². The van der Waals surface area contributed by atoms with Crippen LogP contribution < -0.4 is 15.9 Å². The zero-order valence-corrected chi connectivity index (χ0v) is 17.5. The van der Waals surface area contributed by atoms with E-state index in [9.17, 15) is 4.79 Å². The van der Waals surface area contributed by atoms with Crippen molar-refractivity contribution in [3.8, 4) is 0 Å². The molecule has 146 valence electrons. The van der Waals surface area contributed by atoms with Crippen LogP contribution in [0.3, 0.4) is 0 Å². The minimum absolute atomic E-state index is 0.121. The molecule has 0 aliphatic heterocycles. The number of hydrogen-bond acceptors (Lipinski definition) is 2. The maximum Gasteiger partial charge on any atom is 0.339 e. The minimum atomic E-state index is -0.847. The lowest BCUT2D eigenvalue weighted by atomic mass is 9.99. The number of hydrogen-bond donors (Lipinski definition) is 0. The first-order chi connectivity index (χ1) is 14.2. The first-order valence-corrected chi connectivity index (χ1v) is 11.4. The fourth-order valence-corrected chi connectivity index (χ4v) is 6.22. The van der Waals surface area contributed by atoms with Crippen molar-refractivity contribution in [2.75, 3.05) is 0 Å². The largest absolute Gasteiger partial charge is 0.455 e. The van der Waals surface area contributed by atoms with Crippen LogP contribution in [-0.2, 0) is 4.74 Å². The molecule has 3 aromatic rings. The first-order valence-electron chi connectivity index (χ1n) is 10.1. The lowest BCUT2D eigenvalue weighted by Gasteiger charge is -2.23. The van der Waals surface area contributed by atoms with Gasteiger partial charge in [0.2, 0.25) is 0 Å². The van der Waals surface area contributed by atoms with Crippen LogP contribution in [-0.4, -0.2) is 12.1 Å². The molecular formula is C26H25O2P. The van der Waals surface area contributed by atoms with E-state index in [2.05, 4.69) is 67.6 Å². The highest BCUT2D eigenvalue weighted by atomic mass is 31.1. The Bertz CT molecular complexity index is 956. The van der Waals surface area contributed by atoms with Gasteiger partial charge in [0.05, 0.1) is 5.56 Å². The number of allylic oxidation sites excluding steroid dienone is 1. The molecule has 0 saturated carbocycles. The van der Waals surface area contributed by atoms with Gasteiger partial charge in [-0.15, -0.1) is 0 Å². The standard InChI is InChI=1S/C26H25O2P/c1-20-11-10-12-21(19-20)28-26(27)24-17-8-9-18-25(24)29(22-13-4-2-5-14-22)23-15-6-3-7-16-23/h2-9,13-19,21H,10-12H2,1H3/t21-/m0/s1. The van der Waals surface area contributed by atoms with Crippen molar-refractivity contribution in [1.82, 2.24) is 0 Å². The molecule has 4 rings (SSSR count). The summed E-state index contributed by atoms with van der Waals surface area (Å²) in [4.78, 5) is 13.2. The van der Waals surface area contributed by atoms with Crippen LogP contribution >= 0.6 is 7.92 Å². The highest BCUT2D eigenvalue weighted by Crippen LogP contribution is 2.34. The quantitative estimate of drug-likeness (QED) is 0.338. The minimum Gasteiger partial charge on any atom is -0.455 e. The zero-order valence-electron chi connectivity index (χ0n) is 16.6. The molecule has 29 heavy (non-hydrogen) atoms. The Morgan fingerprint density at radius 1 is 0.862 bits per heavy atom. The fourth-order valence-electron chi connectivity index (χ4n) is 3.78. The summed E-state index contributed by atoms with van der Waals surface area (Å²) in [5.74, 6) is -0.226.